The lowest BCUT2D eigenvalue weighted by Crippen LogP contribution is -2.43. The van der Waals surface area contributed by atoms with Crippen LogP contribution in [0.15, 0.2) is 48.5 Å². The molecule has 3 amide bonds. The average molecular weight is 386 g/mol. The van der Waals surface area contributed by atoms with Crippen molar-refractivity contribution in [1.82, 2.24) is 10.6 Å². The van der Waals surface area contributed by atoms with Crippen LogP contribution in [0.5, 0.6) is 0 Å². The first-order chi connectivity index (χ1) is 13.3. The number of urea groups is 1. The number of hydrogen-bond donors (Lipinski definition) is 3. The molecular formula is C18H18N4O6. The van der Waals surface area contributed by atoms with Gasteiger partial charge in [-0.3, -0.25) is 20.2 Å². The summed E-state index contributed by atoms with van der Waals surface area (Å²) in [6.45, 7) is 1.27. The topological polar surface area (TPSA) is 140 Å². The number of nitrogens with zero attached hydrogens (tertiary/aromatic N) is 1. The van der Waals surface area contributed by atoms with E-state index in [1.54, 1.807) is 30.3 Å². The molecule has 2 rings (SSSR count). The number of carbonyl (C=O) groups is 3. The molecule has 10 heteroatoms. The number of ether oxygens (including phenoxy) is 1. The maximum absolute atomic E-state index is 12.2. The monoisotopic (exact) mass is 386 g/mol. The number of nitro benzene ring substituents is 1. The van der Waals surface area contributed by atoms with Crippen molar-refractivity contribution in [3.05, 3.63) is 64.2 Å². The first-order valence-electron chi connectivity index (χ1n) is 8.16. The highest BCUT2D eigenvalue weighted by Crippen LogP contribution is 2.29. The lowest BCUT2D eigenvalue weighted by Gasteiger charge is -2.13. The summed E-state index contributed by atoms with van der Waals surface area (Å²) in [4.78, 5) is 45.8. The van der Waals surface area contributed by atoms with Gasteiger partial charge in [-0.25, -0.2) is 9.59 Å². The zero-order chi connectivity index (χ0) is 20.7. The van der Waals surface area contributed by atoms with E-state index in [9.17, 15) is 24.5 Å². The number of carbonyl (C=O) groups excluding carboxylic acids is 3. The number of anilines is 2. The molecule has 0 saturated carbocycles. The van der Waals surface area contributed by atoms with Crippen LogP contribution in [0.3, 0.4) is 0 Å². The number of para-hydroxylation sites is 1. The number of amides is 3. The molecular weight excluding hydrogens is 368 g/mol. The third-order valence-electron chi connectivity index (χ3n) is 3.60. The summed E-state index contributed by atoms with van der Waals surface area (Å²) < 4.78 is 4.96. The predicted octanol–water partition coefficient (Wildman–Crippen LogP) is 2.34. The quantitative estimate of drug-likeness (QED) is 0.393. The van der Waals surface area contributed by atoms with Gasteiger partial charge in [0.2, 0.25) is 0 Å². The third kappa shape index (κ3) is 5.27. The smallest absolute Gasteiger partial charge is 0.339 e. The van der Waals surface area contributed by atoms with Crippen molar-refractivity contribution in [3.63, 3.8) is 0 Å². The van der Waals surface area contributed by atoms with Crippen LogP contribution in [0.25, 0.3) is 0 Å². The minimum absolute atomic E-state index is 0.107. The van der Waals surface area contributed by atoms with Crippen molar-refractivity contribution in [1.29, 1.82) is 0 Å². The Morgan fingerprint density at radius 3 is 2.39 bits per heavy atom. The summed E-state index contributed by atoms with van der Waals surface area (Å²) in [6, 6.07) is 11.8. The Morgan fingerprint density at radius 1 is 1.11 bits per heavy atom. The highest BCUT2D eigenvalue weighted by molar-refractivity contribution is 5.98. The molecule has 0 heterocycles. The van der Waals surface area contributed by atoms with Crippen LogP contribution in [-0.2, 0) is 9.53 Å². The molecule has 0 radical (unpaired) electrons. The number of benzene rings is 2. The summed E-state index contributed by atoms with van der Waals surface area (Å²) in [5.41, 5.74) is 0.393. The highest BCUT2D eigenvalue weighted by Gasteiger charge is 2.23. The molecule has 28 heavy (non-hydrogen) atoms. The fraction of sp³-hybridized carbons (Fsp3) is 0.167. The predicted molar refractivity (Wildman–Crippen MR) is 100 cm³/mol. The van der Waals surface area contributed by atoms with Crippen LogP contribution in [0.2, 0.25) is 0 Å². The van der Waals surface area contributed by atoms with E-state index in [1.807, 2.05) is 5.32 Å². The molecule has 0 saturated heterocycles. The zero-order valence-corrected chi connectivity index (χ0v) is 15.1. The van der Waals surface area contributed by atoms with Crippen LogP contribution in [-0.4, -0.2) is 36.0 Å². The van der Waals surface area contributed by atoms with Gasteiger partial charge in [0.05, 0.1) is 10.5 Å². The van der Waals surface area contributed by atoms with Gasteiger partial charge in [-0.05, 0) is 31.2 Å². The summed E-state index contributed by atoms with van der Waals surface area (Å²) in [6.07, 6.45) is -1.27. The van der Waals surface area contributed by atoms with Gasteiger partial charge in [-0.2, -0.15) is 0 Å². The molecule has 0 aliphatic carbocycles. The standard InChI is InChI=1S/C18H18N4O6/c1-11(16(23)21-18(25)19-2)28-17(24)12-8-9-14(15(10-12)22(26)27)20-13-6-4-3-5-7-13/h3-11,20H,1-2H3,(H2,19,21,23,25)/t11-/m0/s1. The van der Waals surface area contributed by atoms with E-state index < -0.39 is 28.9 Å². The zero-order valence-electron chi connectivity index (χ0n) is 15.1. The fourth-order valence-electron chi connectivity index (χ4n) is 2.15. The van der Waals surface area contributed by atoms with E-state index in [-0.39, 0.29) is 16.9 Å². The number of rotatable bonds is 6. The molecule has 146 valence electrons. The summed E-state index contributed by atoms with van der Waals surface area (Å²) >= 11 is 0. The van der Waals surface area contributed by atoms with E-state index >= 15 is 0 Å². The molecule has 3 N–H and O–H groups in total. The van der Waals surface area contributed by atoms with Gasteiger partial charge >= 0.3 is 12.0 Å². The Hall–Kier alpha value is -3.95. The Balaban J connectivity index is 2.16. The van der Waals surface area contributed by atoms with Gasteiger partial charge in [0.25, 0.3) is 11.6 Å². The molecule has 2 aromatic carbocycles. The van der Waals surface area contributed by atoms with Gasteiger partial charge in [-0.15, -0.1) is 0 Å². The molecule has 2 aromatic rings. The molecule has 0 aromatic heterocycles. The van der Waals surface area contributed by atoms with Crippen molar-refractivity contribution in [2.75, 3.05) is 12.4 Å². The van der Waals surface area contributed by atoms with Crippen LogP contribution < -0.4 is 16.0 Å². The van der Waals surface area contributed by atoms with Crippen LogP contribution in [0.4, 0.5) is 21.9 Å². The van der Waals surface area contributed by atoms with Crippen LogP contribution in [0.1, 0.15) is 17.3 Å². The summed E-state index contributed by atoms with van der Waals surface area (Å²) in [5, 5.41) is 18.4. The van der Waals surface area contributed by atoms with Gasteiger partial charge < -0.3 is 15.4 Å². The number of esters is 1. The lowest BCUT2D eigenvalue weighted by atomic mass is 10.1. The van der Waals surface area contributed by atoms with Gasteiger partial charge in [-0.1, -0.05) is 18.2 Å². The van der Waals surface area contributed by atoms with E-state index in [0.717, 1.165) is 6.07 Å². The van der Waals surface area contributed by atoms with Crippen molar-refractivity contribution >= 4 is 35.0 Å². The van der Waals surface area contributed by atoms with Gasteiger partial charge in [0.15, 0.2) is 6.10 Å². The van der Waals surface area contributed by atoms with E-state index in [1.165, 1.54) is 26.1 Å². The number of imide groups is 1. The first kappa shape index (κ1) is 20.4. The van der Waals surface area contributed by atoms with E-state index in [2.05, 4.69) is 10.6 Å². The molecule has 0 fully saturated rings. The molecule has 0 unspecified atom stereocenters. The van der Waals surface area contributed by atoms with E-state index in [4.69, 9.17) is 4.74 Å². The summed E-state index contributed by atoms with van der Waals surface area (Å²) in [5.74, 6) is -1.77. The Morgan fingerprint density at radius 2 is 1.79 bits per heavy atom. The SMILES string of the molecule is CNC(=O)NC(=O)[C@H](C)OC(=O)c1ccc(Nc2ccccc2)c([N+](=O)[O-])c1. The average Bonchev–Trinajstić information content (AvgIpc) is 2.68. The van der Waals surface area contributed by atoms with Gasteiger partial charge in [0, 0.05) is 18.8 Å². The number of hydrogen-bond acceptors (Lipinski definition) is 7. The minimum atomic E-state index is -1.27. The van der Waals surface area contributed by atoms with Crippen molar-refractivity contribution in [2.45, 2.75) is 13.0 Å². The molecule has 0 aliphatic rings. The van der Waals surface area contributed by atoms with Gasteiger partial charge in [0.1, 0.15) is 5.69 Å². The lowest BCUT2D eigenvalue weighted by molar-refractivity contribution is -0.383. The maximum Gasteiger partial charge on any atom is 0.339 e. The molecule has 1 atom stereocenters. The van der Waals surface area contributed by atoms with Crippen molar-refractivity contribution in [3.8, 4) is 0 Å². The molecule has 0 bridgehead atoms. The van der Waals surface area contributed by atoms with Crippen LogP contribution in [0, 0.1) is 10.1 Å². The Labute approximate surface area is 160 Å². The largest absolute Gasteiger partial charge is 0.449 e. The second kappa shape index (κ2) is 9.12. The molecule has 10 nitrogen and oxygen atoms in total. The number of nitro groups is 1. The molecule has 0 aliphatic heterocycles. The van der Waals surface area contributed by atoms with E-state index in [0.29, 0.717) is 5.69 Å². The highest BCUT2D eigenvalue weighted by atomic mass is 16.6. The second-order valence-electron chi connectivity index (χ2n) is 5.60. The number of nitrogens with one attached hydrogen (secondary N) is 3. The summed E-state index contributed by atoms with van der Waals surface area (Å²) in [7, 11) is 1.32. The first-order valence-corrected chi connectivity index (χ1v) is 8.16. The fourth-order valence-corrected chi connectivity index (χ4v) is 2.15. The Bertz CT molecular complexity index is 900. The molecule has 0 spiro atoms. The second-order valence-corrected chi connectivity index (χ2v) is 5.60. The van der Waals surface area contributed by atoms with Crippen molar-refractivity contribution < 1.29 is 24.0 Å². The van der Waals surface area contributed by atoms with Crippen LogP contribution >= 0.6 is 0 Å². The van der Waals surface area contributed by atoms with Crippen molar-refractivity contribution in [2.24, 2.45) is 0 Å². The Kier molecular flexibility index (Phi) is 6.63. The normalized spacial score (nSPS) is 11.1. The third-order valence-corrected chi connectivity index (χ3v) is 3.60. The maximum atomic E-state index is 12.2. The minimum Gasteiger partial charge on any atom is -0.449 e.